The van der Waals surface area contributed by atoms with Crippen molar-refractivity contribution < 1.29 is 19.0 Å². The molecule has 0 bridgehead atoms. The Bertz CT molecular complexity index is 360. The Labute approximate surface area is 99.1 Å². The third-order valence-corrected chi connectivity index (χ3v) is 2.56. The van der Waals surface area contributed by atoms with Crippen LogP contribution in [0.1, 0.15) is 25.0 Å². The van der Waals surface area contributed by atoms with Crippen molar-refractivity contribution in [3.8, 4) is 0 Å². The van der Waals surface area contributed by atoms with Gasteiger partial charge < -0.3 is 15.5 Å². The zero-order valence-corrected chi connectivity index (χ0v) is 9.66. The number of hydrogen-bond acceptors (Lipinski definition) is 3. The van der Waals surface area contributed by atoms with Crippen molar-refractivity contribution in [2.45, 2.75) is 25.5 Å². The fourth-order valence-electron chi connectivity index (χ4n) is 1.51. The summed E-state index contributed by atoms with van der Waals surface area (Å²) < 4.78 is 25.7. The van der Waals surface area contributed by atoms with Gasteiger partial charge in [0, 0.05) is 12.6 Å². The molecule has 0 fully saturated rings. The summed E-state index contributed by atoms with van der Waals surface area (Å²) in [6.45, 7) is 2.36. The highest BCUT2D eigenvalue weighted by Crippen LogP contribution is 2.19. The van der Waals surface area contributed by atoms with E-state index >= 15 is 0 Å². The molecule has 1 aromatic carbocycles. The van der Waals surface area contributed by atoms with E-state index in [-0.39, 0.29) is 12.6 Å². The quantitative estimate of drug-likeness (QED) is 0.663. The molecule has 0 radical (unpaired) electrons. The van der Waals surface area contributed by atoms with Crippen LogP contribution in [0.3, 0.4) is 0 Å². The minimum atomic E-state index is -0.968. The van der Waals surface area contributed by atoms with Gasteiger partial charge in [-0.25, -0.2) is 8.78 Å². The summed E-state index contributed by atoms with van der Waals surface area (Å²) in [5.74, 6) is -1.90. The van der Waals surface area contributed by atoms with Crippen LogP contribution < -0.4 is 5.32 Å². The second-order valence-corrected chi connectivity index (χ2v) is 3.94. The fourth-order valence-corrected chi connectivity index (χ4v) is 1.51. The first kappa shape index (κ1) is 14.0. The molecule has 0 aromatic heterocycles. The lowest BCUT2D eigenvalue weighted by molar-refractivity contribution is 0.134. The number of benzene rings is 1. The molecule has 0 aliphatic rings. The molecule has 2 atom stereocenters. The van der Waals surface area contributed by atoms with Gasteiger partial charge in [0.2, 0.25) is 0 Å². The number of hydrogen-bond donors (Lipinski definition) is 3. The van der Waals surface area contributed by atoms with Crippen molar-refractivity contribution in [3.05, 3.63) is 35.4 Å². The molecule has 17 heavy (non-hydrogen) atoms. The van der Waals surface area contributed by atoms with E-state index in [1.54, 1.807) is 6.92 Å². The molecule has 0 aliphatic heterocycles. The van der Waals surface area contributed by atoms with Crippen LogP contribution >= 0.6 is 0 Å². The first-order valence-corrected chi connectivity index (χ1v) is 5.53. The van der Waals surface area contributed by atoms with Crippen LogP contribution in [0.4, 0.5) is 8.78 Å². The standard InChI is InChI=1S/C12H17F2NO2/c1-8(15-5-2-6-16)12(17)9-3-4-10(13)11(14)7-9/h3-4,7-8,12,15-17H,2,5-6H2,1H3. The Kier molecular flexibility index (Phi) is 5.47. The fraction of sp³-hybridized carbons (Fsp3) is 0.500. The molecule has 0 heterocycles. The van der Waals surface area contributed by atoms with Crippen LogP contribution in [0.15, 0.2) is 18.2 Å². The molecule has 1 rings (SSSR count). The Morgan fingerprint density at radius 1 is 1.29 bits per heavy atom. The van der Waals surface area contributed by atoms with Crippen LogP contribution in [-0.2, 0) is 0 Å². The van der Waals surface area contributed by atoms with Gasteiger partial charge in [0.15, 0.2) is 11.6 Å². The van der Waals surface area contributed by atoms with Crippen molar-refractivity contribution in [1.82, 2.24) is 5.32 Å². The van der Waals surface area contributed by atoms with Gasteiger partial charge in [-0.1, -0.05) is 6.07 Å². The first-order valence-electron chi connectivity index (χ1n) is 5.53. The molecule has 2 unspecified atom stereocenters. The molecule has 1 aromatic rings. The molecule has 0 spiro atoms. The molecule has 0 amide bonds. The Balaban J connectivity index is 2.61. The van der Waals surface area contributed by atoms with E-state index in [9.17, 15) is 13.9 Å². The topological polar surface area (TPSA) is 52.5 Å². The van der Waals surface area contributed by atoms with Crippen LogP contribution in [0.25, 0.3) is 0 Å². The molecule has 3 nitrogen and oxygen atoms in total. The largest absolute Gasteiger partial charge is 0.396 e. The maximum absolute atomic E-state index is 13.0. The molecule has 0 saturated carbocycles. The molecular weight excluding hydrogens is 228 g/mol. The van der Waals surface area contributed by atoms with Crippen LogP contribution in [0.5, 0.6) is 0 Å². The number of halogens is 2. The van der Waals surface area contributed by atoms with E-state index in [0.717, 1.165) is 12.1 Å². The number of nitrogens with one attached hydrogen (secondary N) is 1. The van der Waals surface area contributed by atoms with E-state index in [1.807, 2.05) is 0 Å². The highest BCUT2D eigenvalue weighted by Gasteiger charge is 2.17. The summed E-state index contributed by atoms with van der Waals surface area (Å²) in [5.41, 5.74) is 0.327. The molecule has 0 aliphatic carbocycles. The average Bonchev–Trinajstić information content (AvgIpc) is 2.32. The Hall–Kier alpha value is -1.04. The number of rotatable bonds is 6. The third-order valence-electron chi connectivity index (χ3n) is 2.56. The maximum Gasteiger partial charge on any atom is 0.159 e. The van der Waals surface area contributed by atoms with E-state index in [2.05, 4.69) is 5.32 Å². The second-order valence-electron chi connectivity index (χ2n) is 3.94. The second kappa shape index (κ2) is 6.64. The van der Waals surface area contributed by atoms with Gasteiger partial charge in [-0.3, -0.25) is 0 Å². The summed E-state index contributed by atoms with van der Waals surface area (Å²) in [6, 6.07) is 3.04. The molecule has 5 heteroatoms. The van der Waals surface area contributed by atoms with Gasteiger partial charge in [0.1, 0.15) is 0 Å². The predicted octanol–water partition coefficient (Wildman–Crippen LogP) is 1.36. The minimum absolute atomic E-state index is 0.0704. The molecule has 0 saturated heterocycles. The minimum Gasteiger partial charge on any atom is -0.396 e. The van der Waals surface area contributed by atoms with Crippen molar-refractivity contribution in [2.75, 3.05) is 13.2 Å². The summed E-state index contributed by atoms with van der Waals surface area (Å²) >= 11 is 0. The highest BCUT2D eigenvalue weighted by atomic mass is 19.2. The van der Waals surface area contributed by atoms with Gasteiger partial charge >= 0.3 is 0 Å². The van der Waals surface area contributed by atoms with E-state index in [0.29, 0.717) is 18.5 Å². The van der Waals surface area contributed by atoms with Crippen molar-refractivity contribution in [2.24, 2.45) is 0 Å². The van der Waals surface area contributed by atoms with Crippen LogP contribution in [-0.4, -0.2) is 29.4 Å². The van der Waals surface area contributed by atoms with E-state index in [4.69, 9.17) is 5.11 Å². The highest BCUT2D eigenvalue weighted by molar-refractivity contribution is 5.21. The van der Waals surface area contributed by atoms with Crippen LogP contribution in [0.2, 0.25) is 0 Å². The van der Waals surface area contributed by atoms with Crippen molar-refractivity contribution in [1.29, 1.82) is 0 Å². The monoisotopic (exact) mass is 245 g/mol. The van der Waals surface area contributed by atoms with Gasteiger partial charge in [-0.05, 0) is 37.6 Å². The van der Waals surface area contributed by atoms with Crippen molar-refractivity contribution in [3.63, 3.8) is 0 Å². The predicted molar refractivity (Wildman–Crippen MR) is 60.5 cm³/mol. The van der Waals surface area contributed by atoms with E-state index in [1.165, 1.54) is 6.07 Å². The van der Waals surface area contributed by atoms with Gasteiger partial charge in [-0.2, -0.15) is 0 Å². The normalized spacial score (nSPS) is 14.6. The summed E-state index contributed by atoms with van der Waals surface area (Å²) in [4.78, 5) is 0. The van der Waals surface area contributed by atoms with Gasteiger partial charge in [0.25, 0.3) is 0 Å². The molecular formula is C12H17F2NO2. The molecule has 96 valence electrons. The van der Waals surface area contributed by atoms with Gasteiger partial charge in [-0.15, -0.1) is 0 Å². The third kappa shape index (κ3) is 4.03. The summed E-state index contributed by atoms with van der Waals surface area (Å²) in [7, 11) is 0. The smallest absolute Gasteiger partial charge is 0.159 e. The number of aliphatic hydroxyl groups excluding tert-OH is 2. The Morgan fingerprint density at radius 2 is 2.00 bits per heavy atom. The Morgan fingerprint density at radius 3 is 2.59 bits per heavy atom. The zero-order valence-electron chi connectivity index (χ0n) is 9.66. The van der Waals surface area contributed by atoms with Crippen molar-refractivity contribution >= 4 is 0 Å². The lowest BCUT2D eigenvalue weighted by atomic mass is 10.0. The van der Waals surface area contributed by atoms with E-state index < -0.39 is 17.7 Å². The zero-order chi connectivity index (χ0) is 12.8. The SMILES string of the molecule is CC(NCCCO)C(O)c1ccc(F)c(F)c1. The summed E-state index contributed by atoms with van der Waals surface area (Å²) in [5, 5.41) is 21.5. The van der Waals surface area contributed by atoms with Crippen LogP contribution in [0, 0.1) is 11.6 Å². The number of aliphatic hydroxyl groups is 2. The van der Waals surface area contributed by atoms with Gasteiger partial charge in [0.05, 0.1) is 6.10 Å². The molecule has 3 N–H and O–H groups in total. The average molecular weight is 245 g/mol. The maximum atomic E-state index is 13.0. The lowest BCUT2D eigenvalue weighted by Gasteiger charge is -2.20. The summed E-state index contributed by atoms with van der Waals surface area (Å²) in [6.07, 6.45) is -0.335. The lowest BCUT2D eigenvalue weighted by Crippen LogP contribution is -2.33. The first-order chi connectivity index (χ1) is 8.06.